The lowest BCUT2D eigenvalue weighted by Crippen LogP contribution is -2.40. The van der Waals surface area contributed by atoms with Gasteiger partial charge in [0.2, 0.25) is 0 Å². The van der Waals surface area contributed by atoms with Gasteiger partial charge in [0, 0.05) is 37.1 Å². The second-order valence-electron chi connectivity index (χ2n) is 6.97. The van der Waals surface area contributed by atoms with Crippen LogP contribution in [0.1, 0.15) is 18.4 Å². The molecule has 2 aromatic carbocycles. The van der Waals surface area contributed by atoms with E-state index < -0.39 is 0 Å². The van der Waals surface area contributed by atoms with Gasteiger partial charge in [-0.2, -0.15) is 0 Å². The van der Waals surface area contributed by atoms with E-state index in [1.165, 1.54) is 5.56 Å². The van der Waals surface area contributed by atoms with E-state index in [0.29, 0.717) is 11.6 Å². The van der Waals surface area contributed by atoms with Crippen LogP contribution in [0.2, 0.25) is 0 Å². The fraction of sp³-hybridized carbons (Fsp3) is 0.318. The lowest BCUT2D eigenvalue weighted by atomic mass is 10.0. The Balaban J connectivity index is 1.35. The molecular weight excluding hydrogens is 324 g/mol. The van der Waals surface area contributed by atoms with Crippen molar-refractivity contribution < 1.29 is 4.42 Å². The average molecular weight is 348 g/mol. The molecule has 1 saturated heterocycles. The van der Waals surface area contributed by atoms with Crippen LogP contribution in [0, 0.1) is 0 Å². The molecule has 0 atom stereocenters. The van der Waals surface area contributed by atoms with Crippen molar-refractivity contribution in [3.8, 4) is 0 Å². The molecule has 4 rings (SSSR count). The minimum Gasteiger partial charge on any atom is -0.423 e. The summed E-state index contributed by atoms with van der Waals surface area (Å²) < 4.78 is 5.28. The highest BCUT2D eigenvalue weighted by Gasteiger charge is 2.19. The van der Waals surface area contributed by atoms with Gasteiger partial charge in [0.05, 0.1) is 5.69 Å². The average Bonchev–Trinajstić information content (AvgIpc) is 2.68. The maximum atomic E-state index is 11.8. The molecular formula is C22H24N2O2. The molecule has 0 amide bonds. The first-order chi connectivity index (χ1) is 12.8. The van der Waals surface area contributed by atoms with Crippen LogP contribution in [0.15, 0.2) is 69.9 Å². The molecule has 0 radical (unpaired) electrons. The van der Waals surface area contributed by atoms with E-state index in [9.17, 15) is 4.79 Å². The third kappa shape index (κ3) is 3.97. The number of benzene rings is 2. The third-order valence-corrected chi connectivity index (χ3v) is 5.16. The van der Waals surface area contributed by atoms with Gasteiger partial charge in [-0.25, -0.2) is 4.79 Å². The minimum absolute atomic E-state index is 0.300. The molecule has 4 nitrogen and oxygen atoms in total. The summed E-state index contributed by atoms with van der Waals surface area (Å²) in [5, 5.41) is 4.54. The minimum atomic E-state index is -0.300. The lowest BCUT2D eigenvalue weighted by molar-refractivity contribution is 0.221. The largest absolute Gasteiger partial charge is 0.423 e. The molecule has 1 aliphatic heterocycles. The summed E-state index contributed by atoms with van der Waals surface area (Å²) in [7, 11) is 0. The van der Waals surface area contributed by atoms with Crippen LogP contribution < -0.4 is 10.9 Å². The van der Waals surface area contributed by atoms with Gasteiger partial charge >= 0.3 is 5.63 Å². The van der Waals surface area contributed by atoms with Crippen molar-refractivity contribution in [3.05, 3.63) is 76.6 Å². The molecule has 26 heavy (non-hydrogen) atoms. The number of piperidine rings is 1. The van der Waals surface area contributed by atoms with Crippen molar-refractivity contribution in [3.63, 3.8) is 0 Å². The number of hydrogen-bond acceptors (Lipinski definition) is 4. The van der Waals surface area contributed by atoms with Crippen LogP contribution in [-0.2, 0) is 6.42 Å². The van der Waals surface area contributed by atoms with E-state index in [0.717, 1.165) is 50.0 Å². The summed E-state index contributed by atoms with van der Waals surface area (Å²) in [6.07, 6.45) is 3.27. The number of hydrogen-bond donors (Lipinski definition) is 1. The standard InChI is InChI=1S/C22H24N2O2/c25-22-16-20(19-8-4-5-9-21(19)26-22)23-18-11-14-24(15-12-18)13-10-17-6-2-1-3-7-17/h1-9,16,18,23H,10-15H2. The summed E-state index contributed by atoms with van der Waals surface area (Å²) in [5.74, 6) is 0. The van der Waals surface area contributed by atoms with Crippen molar-refractivity contribution in [1.82, 2.24) is 4.90 Å². The predicted octanol–water partition coefficient (Wildman–Crippen LogP) is 3.91. The van der Waals surface area contributed by atoms with Crippen LogP contribution in [0.4, 0.5) is 5.69 Å². The molecule has 1 fully saturated rings. The molecule has 0 spiro atoms. The highest BCUT2D eigenvalue weighted by molar-refractivity contribution is 5.89. The molecule has 0 bridgehead atoms. The maximum absolute atomic E-state index is 11.8. The Morgan fingerprint density at radius 3 is 2.54 bits per heavy atom. The van der Waals surface area contributed by atoms with Crippen molar-refractivity contribution >= 4 is 16.7 Å². The number of likely N-dealkylation sites (tertiary alicyclic amines) is 1. The van der Waals surface area contributed by atoms with Gasteiger partial charge in [-0.15, -0.1) is 0 Å². The number of rotatable bonds is 5. The van der Waals surface area contributed by atoms with E-state index in [-0.39, 0.29) is 5.63 Å². The van der Waals surface area contributed by atoms with E-state index in [4.69, 9.17) is 4.42 Å². The SMILES string of the molecule is O=c1cc(NC2CCN(CCc3ccccc3)CC2)c2ccccc2o1. The summed E-state index contributed by atoms with van der Waals surface area (Å²) in [5.41, 5.74) is 2.63. The number of nitrogens with zero attached hydrogens (tertiary/aromatic N) is 1. The molecule has 1 aromatic heterocycles. The third-order valence-electron chi connectivity index (χ3n) is 5.16. The second-order valence-corrected chi connectivity index (χ2v) is 6.97. The van der Waals surface area contributed by atoms with Crippen LogP contribution >= 0.6 is 0 Å². The van der Waals surface area contributed by atoms with Gasteiger partial charge in [-0.05, 0) is 37.0 Å². The fourth-order valence-corrected chi connectivity index (χ4v) is 3.68. The molecule has 2 heterocycles. The predicted molar refractivity (Wildman–Crippen MR) is 106 cm³/mol. The van der Waals surface area contributed by atoms with Crippen LogP contribution in [0.5, 0.6) is 0 Å². The summed E-state index contributed by atoms with van der Waals surface area (Å²) >= 11 is 0. The Hall–Kier alpha value is -2.59. The number of fused-ring (bicyclic) bond motifs is 1. The second kappa shape index (κ2) is 7.75. The number of para-hydroxylation sites is 1. The van der Waals surface area contributed by atoms with Crippen molar-refractivity contribution in [1.29, 1.82) is 0 Å². The van der Waals surface area contributed by atoms with E-state index >= 15 is 0 Å². The summed E-state index contributed by atoms with van der Waals surface area (Å²) in [6.45, 7) is 3.28. The van der Waals surface area contributed by atoms with E-state index in [2.05, 4.69) is 40.5 Å². The lowest BCUT2D eigenvalue weighted by Gasteiger charge is -2.33. The van der Waals surface area contributed by atoms with Crippen LogP contribution in [0.3, 0.4) is 0 Å². The van der Waals surface area contributed by atoms with Gasteiger partial charge in [0.1, 0.15) is 5.58 Å². The van der Waals surface area contributed by atoms with Crippen LogP contribution in [0.25, 0.3) is 11.0 Å². The first-order valence-electron chi connectivity index (χ1n) is 9.34. The van der Waals surface area contributed by atoms with Gasteiger partial charge in [-0.1, -0.05) is 42.5 Å². The van der Waals surface area contributed by atoms with Gasteiger partial charge < -0.3 is 14.6 Å². The topological polar surface area (TPSA) is 45.5 Å². The zero-order chi connectivity index (χ0) is 17.8. The molecule has 0 saturated carbocycles. The molecule has 1 N–H and O–H groups in total. The Morgan fingerprint density at radius 2 is 1.73 bits per heavy atom. The quantitative estimate of drug-likeness (QED) is 0.710. The Bertz CT molecular complexity index is 912. The van der Waals surface area contributed by atoms with Gasteiger partial charge in [-0.3, -0.25) is 0 Å². The zero-order valence-electron chi connectivity index (χ0n) is 14.9. The first kappa shape index (κ1) is 16.9. The smallest absolute Gasteiger partial charge is 0.338 e. The highest BCUT2D eigenvalue weighted by Crippen LogP contribution is 2.24. The molecule has 134 valence electrons. The summed E-state index contributed by atoms with van der Waals surface area (Å²) in [6, 6.07) is 20.3. The maximum Gasteiger partial charge on any atom is 0.338 e. The van der Waals surface area contributed by atoms with Crippen molar-refractivity contribution in [2.45, 2.75) is 25.3 Å². The number of nitrogens with one attached hydrogen (secondary N) is 1. The van der Waals surface area contributed by atoms with Crippen molar-refractivity contribution in [2.24, 2.45) is 0 Å². The first-order valence-corrected chi connectivity index (χ1v) is 9.34. The molecule has 0 aliphatic carbocycles. The molecule has 4 heteroatoms. The Morgan fingerprint density at radius 1 is 1.00 bits per heavy atom. The molecule has 3 aromatic rings. The normalized spacial score (nSPS) is 16.0. The van der Waals surface area contributed by atoms with E-state index in [1.54, 1.807) is 6.07 Å². The zero-order valence-corrected chi connectivity index (χ0v) is 14.9. The highest BCUT2D eigenvalue weighted by atomic mass is 16.4. The Labute approximate surface area is 153 Å². The molecule has 0 unspecified atom stereocenters. The van der Waals surface area contributed by atoms with Gasteiger partial charge in [0.25, 0.3) is 0 Å². The van der Waals surface area contributed by atoms with Crippen molar-refractivity contribution in [2.75, 3.05) is 25.0 Å². The van der Waals surface area contributed by atoms with Crippen LogP contribution in [-0.4, -0.2) is 30.6 Å². The van der Waals surface area contributed by atoms with E-state index in [1.807, 2.05) is 24.3 Å². The fourth-order valence-electron chi connectivity index (χ4n) is 3.68. The Kier molecular flexibility index (Phi) is 5.02. The van der Waals surface area contributed by atoms with Gasteiger partial charge in [0.15, 0.2) is 0 Å². The number of anilines is 1. The summed E-state index contributed by atoms with van der Waals surface area (Å²) in [4.78, 5) is 14.3. The monoisotopic (exact) mass is 348 g/mol. The molecule has 1 aliphatic rings.